The van der Waals surface area contributed by atoms with Crippen molar-refractivity contribution < 1.29 is 19.1 Å². The van der Waals surface area contributed by atoms with E-state index >= 15 is 0 Å². The zero-order valence-electron chi connectivity index (χ0n) is 14.5. The molecular formula is C19H21NO4S. The first-order chi connectivity index (χ1) is 12.0. The Labute approximate surface area is 151 Å². The van der Waals surface area contributed by atoms with Crippen LogP contribution >= 0.6 is 11.8 Å². The minimum absolute atomic E-state index is 0.278. The molecule has 5 nitrogen and oxygen atoms in total. The Morgan fingerprint density at radius 1 is 1.08 bits per heavy atom. The second kappa shape index (κ2) is 9.13. The molecule has 0 aliphatic rings. The molecule has 2 rings (SSSR count). The average molecular weight is 359 g/mol. The number of methoxy groups -OCH3 is 1. The van der Waals surface area contributed by atoms with E-state index in [0.29, 0.717) is 17.9 Å². The van der Waals surface area contributed by atoms with Crippen molar-refractivity contribution in [2.75, 3.05) is 27.0 Å². The number of likely N-dealkylation sites (N-methyl/N-ethyl adjacent to an activating group) is 1. The maximum absolute atomic E-state index is 12.2. The molecule has 0 aliphatic carbocycles. The summed E-state index contributed by atoms with van der Waals surface area (Å²) in [5, 5.41) is 0. The second-order valence-corrected chi connectivity index (χ2v) is 6.25. The molecular weight excluding hydrogens is 338 g/mol. The normalized spacial score (nSPS) is 10.2. The van der Waals surface area contributed by atoms with Crippen molar-refractivity contribution in [3.63, 3.8) is 0 Å². The summed E-state index contributed by atoms with van der Waals surface area (Å²) in [6, 6.07) is 14.6. The molecule has 0 saturated carbocycles. The maximum Gasteiger partial charge on any atom is 0.338 e. The summed E-state index contributed by atoms with van der Waals surface area (Å²) < 4.78 is 10.4. The first-order valence-corrected chi connectivity index (χ1v) is 8.94. The van der Waals surface area contributed by atoms with Gasteiger partial charge in [-0.25, -0.2) is 4.79 Å². The van der Waals surface area contributed by atoms with E-state index in [0.717, 1.165) is 10.5 Å². The summed E-state index contributed by atoms with van der Waals surface area (Å²) in [5.41, 5.74) is 1.32. The van der Waals surface area contributed by atoms with Crippen LogP contribution < -0.4 is 4.74 Å². The molecule has 0 aromatic heterocycles. The van der Waals surface area contributed by atoms with Crippen molar-refractivity contribution >= 4 is 23.6 Å². The molecule has 0 radical (unpaired) electrons. The maximum atomic E-state index is 12.2. The molecule has 0 fully saturated rings. The third-order valence-electron chi connectivity index (χ3n) is 3.68. The molecule has 0 bridgehead atoms. The van der Waals surface area contributed by atoms with Gasteiger partial charge in [-0.3, -0.25) is 4.79 Å². The first kappa shape index (κ1) is 18.9. The van der Waals surface area contributed by atoms with Crippen LogP contribution in [0.2, 0.25) is 0 Å². The standard InChI is InChI=1S/C19H21NO4S/c1-20(12-15-6-4-5-7-17(15)23-2)18(21)13-24-19(22)14-8-10-16(25-3)11-9-14/h4-11H,12-13H2,1-3H3. The molecule has 0 N–H and O–H groups in total. The lowest BCUT2D eigenvalue weighted by atomic mass is 10.2. The minimum atomic E-state index is -0.508. The van der Waals surface area contributed by atoms with Crippen LogP contribution in [0.3, 0.4) is 0 Å². The molecule has 0 aliphatic heterocycles. The van der Waals surface area contributed by atoms with E-state index in [1.165, 1.54) is 4.90 Å². The zero-order valence-corrected chi connectivity index (χ0v) is 15.3. The monoisotopic (exact) mass is 359 g/mol. The largest absolute Gasteiger partial charge is 0.496 e. The predicted molar refractivity (Wildman–Crippen MR) is 98.0 cm³/mol. The fourth-order valence-corrected chi connectivity index (χ4v) is 2.63. The van der Waals surface area contributed by atoms with Crippen molar-refractivity contribution in [3.05, 3.63) is 59.7 Å². The van der Waals surface area contributed by atoms with Gasteiger partial charge in [0.1, 0.15) is 5.75 Å². The van der Waals surface area contributed by atoms with Gasteiger partial charge in [-0.2, -0.15) is 0 Å². The highest BCUT2D eigenvalue weighted by atomic mass is 32.2. The molecule has 1 amide bonds. The molecule has 132 valence electrons. The fourth-order valence-electron chi connectivity index (χ4n) is 2.23. The average Bonchev–Trinajstić information content (AvgIpc) is 2.66. The van der Waals surface area contributed by atoms with Crippen LogP contribution in [0, 0.1) is 0 Å². The molecule has 2 aromatic carbocycles. The summed E-state index contributed by atoms with van der Waals surface area (Å²) in [7, 11) is 3.25. The van der Waals surface area contributed by atoms with Crippen molar-refractivity contribution in [3.8, 4) is 5.75 Å². The Morgan fingerprint density at radius 3 is 2.40 bits per heavy atom. The molecule has 0 unspecified atom stereocenters. The van der Waals surface area contributed by atoms with Gasteiger partial charge in [0, 0.05) is 24.1 Å². The summed E-state index contributed by atoms with van der Waals surface area (Å²) in [6.07, 6.45) is 1.96. The highest BCUT2D eigenvalue weighted by Crippen LogP contribution is 2.19. The van der Waals surface area contributed by atoms with Crippen LogP contribution in [-0.2, 0) is 16.1 Å². The van der Waals surface area contributed by atoms with Crippen molar-refractivity contribution in [1.29, 1.82) is 0 Å². The molecule has 6 heteroatoms. The van der Waals surface area contributed by atoms with E-state index in [9.17, 15) is 9.59 Å². The van der Waals surface area contributed by atoms with Gasteiger partial charge >= 0.3 is 5.97 Å². The van der Waals surface area contributed by atoms with Crippen LogP contribution in [0.15, 0.2) is 53.4 Å². The Morgan fingerprint density at radius 2 is 1.76 bits per heavy atom. The quantitative estimate of drug-likeness (QED) is 0.561. The lowest BCUT2D eigenvalue weighted by Crippen LogP contribution is -2.31. The summed E-state index contributed by atoms with van der Waals surface area (Å²) in [6.45, 7) is 0.0809. The molecule has 2 aromatic rings. The summed E-state index contributed by atoms with van der Waals surface area (Å²) in [5.74, 6) is -0.0697. The Kier molecular flexibility index (Phi) is 6.89. The molecule has 0 heterocycles. The number of amides is 1. The Balaban J connectivity index is 1.89. The van der Waals surface area contributed by atoms with E-state index in [1.54, 1.807) is 38.1 Å². The van der Waals surface area contributed by atoms with Crippen LogP contribution in [0.5, 0.6) is 5.75 Å². The third kappa shape index (κ3) is 5.26. The number of hydrogen-bond acceptors (Lipinski definition) is 5. The zero-order chi connectivity index (χ0) is 18.2. The minimum Gasteiger partial charge on any atom is -0.496 e. The van der Waals surface area contributed by atoms with Crippen LogP contribution in [0.4, 0.5) is 0 Å². The first-order valence-electron chi connectivity index (χ1n) is 7.72. The van der Waals surface area contributed by atoms with Crippen LogP contribution in [0.25, 0.3) is 0 Å². The SMILES string of the molecule is COc1ccccc1CN(C)C(=O)COC(=O)c1ccc(SC)cc1. The van der Waals surface area contributed by atoms with Crippen molar-refractivity contribution in [1.82, 2.24) is 4.90 Å². The topological polar surface area (TPSA) is 55.8 Å². The van der Waals surface area contributed by atoms with E-state index in [4.69, 9.17) is 9.47 Å². The second-order valence-electron chi connectivity index (χ2n) is 5.37. The summed E-state index contributed by atoms with van der Waals surface area (Å²) >= 11 is 1.59. The molecule has 0 saturated heterocycles. The van der Waals surface area contributed by atoms with Gasteiger partial charge in [0.25, 0.3) is 5.91 Å². The van der Waals surface area contributed by atoms with Gasteiger partial charge in [0.2, 0.25) is 0 Å². The highest BCUT2D eigenvalue weighted by molar-refractivity contribution is 7.98. The number of hydrogen-bond donors (Lipinski definition) is 0. The smallest absolute Gasteiger partial charge is 0.338 e. The Hall–Kier alpha value is -2.47. The van der Waals surface area contributed by atoms with Crippen LogP contribution in [-0.4, -0.2) is 43.8 Å². The fraction of sp³-hybridized carbons (Fsp3) is 0.263. The van der Waals surface area contributed by atoms with Crippen LogP contribution in [0.1, 0.15) is 15.9 Å². The van der Waals surface area contributed by atoms with Gasteiger partial charge in [0.15, 0.2) is 6.61 Å². The third-order valence-corrected chi connectivity index (χ3v) is 4.42. The number of rotatable bonds is 7. The van der Waals surface area contributed by atoms with Gasteiger partial charge in [-0.05, 0) is 36.6 Å². The van der Waals surface area contributed by atoms with E-state index < -0.39 is 5.97 Å². The molecule has 25 heavy (non-hydrogen) atoms. The van der Waals surface area contributed by atoms with E-state index in [2.05, 4.69) is 0 Å². The molecule has 0 spiro atoms. The molecule has 0 atom stereocenters. The van der Waals surface area contributed by atoms with Gasteiger partial charge in [0.05, 0.1) is 12.7 Å². The Bertz CT molecular complexity index is 730. The number of carbonyl (C=O) groups excluding carboxylic acids is 2. The summed E-state index contributed by atoms with van der Waals surface area (Å²) in [4.78, 5) is 26.8. The van der Waals surface area contributed by atoms with Crippen molar-refractivity contribution in [2.45, 2.75) is 11.4 Å². The number of thioether (sulfide) groups is 1. The number of nitrogens with zero attached hydrogens (tertiary/aromatic N) is 1. The van der Waals surface area contributed by atoms with Crippen molar-refractivity contribution in [2.24, 2.45) is 0 Å². The number of para-hydroxylation sites is 1. The lowest BCUT2D eigenvalue weighted by Gasteiger charge is -2.18. The van der Waals surface area contributed by atoms with Gasteiger partial charge < -0.3 is 14.4 Å². The highest BCUT2D eigenvalue weighted by Gasteiger charge is 2.15. The van der Waals surface area contributed by atoms with E-state index in [1.807, 2.05) is 42.7 Å². The predicted octanol–water partition coefficient (Wildman–Crippen LogP) is 3.23. The number of benzene rings is 2. The van der Waals surface area contributed by atoms with E-state index in [-0.39, 0.29) is 12.5 Å². The number of esters is 1. The number of carbonyl (C=O) groups is 2. The lowest BCUT2D eigenvalue weighted by molar-refractivity contribution is -0.133. The number of ether oxygens (including phenoxy) is 2. The van der Waals surface area contributed by atoms with Gasteiger partial charge in [-0.15, -0.1) is 11.8 Å². The van der Waals surface area contributed by atoms with Gasteiger partial charge in [-0.1, -0.05) is 18.2 Å².